The Bertz CT molecular complexity index is 1600. The van der Waals surface area contributed by atoms with Gasteiger partial charge in [-0.3, -0.25) is 13.9 Å². The third-order valence-electron chi connectivity index (χ3n) is 6.68. The van der Waals surface area contributed by atoms with Gasteiger partial charge in [0.25, 0.3) is 10.0 Å². The molecule has 0 aromatic heterocycles. The first kappa shape index (κ1) is 29.8. The predicted octanol–water partition coefficient (Wildman–Crippen LogP) is 5.23. The van der Waals surface area contributed by atoms with Crippen LogP contribution in [0.1, 0.15) is 16.7 Å². The van der Waals surface area contributed by atoms with Crippen molar-refractivity contribution in [2.75, 3.05) is 17.9 Å². The first-order valence-electron chi connectivity index (χ1n) is 13.1. The summed E-state index contributed by atoms with van der Waals surface area (Å²) in [5.41, 5.74) is 2.85. The number of nitrogens with one attached hydrogen (secondary N) is 1. The van der Waals surface area contributed by atoms with Gasteiger partial charge in [0.15, 0.2) is 0 Å². The molecule has 0 aliphatic heterocycles. The van der Waals surface area contributed by atoms with Crippen molar-refractivity contribution in [2.45, 2.75) is 30.8 Å². The monoisotopic (exact) mass is 589 g/mol. The standard InChI is InChI=1S/C32H32ClN3O4S/c1-24-12-11-15-26(20-24)22-35(30(32(38)34-2)21-25-13-5-3-6-14-25)31(37)23-36(29-19-10-9-18-28(29)33)41(39,40)27-16-7-4-8-17-27/h3-20,30H,21-23H2,1-2H3,(H,34,38)/t30-/m0/s1. The van der Waals surface area contributed by atoms with Crippen LogP contribution in [0.25, 0.3) is 0 Å². The van der Waals surface area contributed by atoms with Gasteiger partial charge in [0.2, 0.25) is 11.8 Å². The lowest BCUT2D eigenvalue weighted by atomic mass is 10.0. The number of aryl methyl sites for hydroxylation is 1. The summed E-state index contributed by atoms with van der Waals surface area (Å²) in [6.45, 7) is 1.49. The molecule has 4 aromatic carbocycles. The zero-order chi connectivity index (χ0) is 29.4. The van der Waals surface area contributed by atoms with Crippen molar-refractivity contribution < 1.29 is 18.0 Å². The van der Waals surface area contributed by atoms with Crippen LogP contribution < -0.4 is 9.62 Å². The molecule has 0 bridgehead atoms. The largest absolute Gasteiger partial charge is 0.357 e. The number of sulfonamides is 1. The number of carbonyl (C=O) groups excluding carboxylic acids is 2. The van der Waals surface area contributed by atoms with Crippen molar-refractivity contribution in [3.05, 3.63) is 131 Å². The topological polar surface area (TPSA) is 86.8 Å². The van der Waals surface area contributed by atoms with E-state index in [9.17, 15) is 18.0 Å². The van der Waals surface area contributed by atoms with Gasteiger partial charge in [0, 0.05) is 20.0 Å². The molecule has 0 unspecified atom stereocenters. The molecule has 1 N–H and O–H groups in total. The molecule has 0 aliphatic carbocycles. The van der Waals surface area contributed by atoms with E-state index in [-0.39, 0.29) is 34.5 Å². The summed E-state index contributed by atoms with van der Waals surface area (Å²) in [4.78, 5) is 29.0. The molecule has 0 saturated heterocycles. The normalized spacial score (nSPS) is 11.9. The Hall–Kier alpha value is -4.14. The Balaban J connectivity index is 1.79. The zero-order valence-corrected chi connectivity index (χ0v) is 24.5. The van der Waals surface area contributed by atoms with Crippen LogP contribution in [-0.4, -0.2) is 44.8 Å². The number of hydrogen-bond acceptors (Lipinski definition) is 4. The summed E-state index contributed by atoms with van der Waals surface area (Å²) in [6, 6.07) is 30.5. The summed E-state index contributed by atoms with van der Waals surface area (Å²) in [6.07, 6.45) is 0.246. The van der Waals surface area contributed by atoms with E-state index in [0.29, 0.717) is 0 Å². The molecule has 7 nitrogen and oxygen atoms in total. The number of hydrogen-bond donors (Lipinski definition) is 1. The summed E-state index contributed by atoms with van der Waals surface area (Å²) in [7, 11) is -2.67. The maximum Gasteiger partial charge on any atom is 0.264 e. The molecule has 41 heavy (non-hydrogen) atoms. The number of amides is 2. The third kappa shape index (κ3) is 7.34. The molecule has 0 fully saturated rings. The van der Waals surface area contributed by atoms with Crippen LogP contribution in [0.3, 0.4) is 0 Å². The second-order valence-corrected chi connectivity index (χ2v) is 11.9. The fourth-order valence-electron chi connectivity index (χ4n) is 4.61. The Kier molecular flexibility index (Phi) is 9.81. The van der Waals surface area contributed by atoms with Crippen molar-refractivity contribution in [3.8, 4) is 0 Å². The maximum absolute atomic E-state index is 14.3. The summed E-state index contributed by atoms with van der Waals surface area (Å²) in [5.74, 6) is -0.902. The van der Waals surface area contributed by atoms with Gasteiger partial charge in [-0.2, -0.15) is 0 Å². The molecule has 0 heterocycles. The zero-order valence-electron chi connectivity index (χ0n) is 22.9. The lowest BCUT2D eigenvalue weighted by Crippen LogP contribution is -2.53. The van der Waals surface area contributed by atoms with E-state index >= 15 is 0 Å². The number of nitrogens with zero attached hydrogens (tertiary/aromatic N) is 2. The summed E-state index contributed by atoms with van der Waals surface area (Å²) < 4.78 is 28.8. The van der Waals surface area contributed by atoms with Crippen molar-refractivity contribution in [1.82, 2.24) is 10.2 Å². The fourth-order valence-corrected chi connectivity index (χ4v) is 6.36. The van der Waals surface area contributed by atoms with Crippen LogP contribution in [0.5, 0.6) is 0 Å². The average molecular weight is 590 g/mol. The number of anilines is 1. The van der Waals surface area contributed by atoms with E-state index in [1.165, 1.54) is 24.1 Å². The van der Waals surface area contributed by atoms with E-state index < -0.39 is 28.5 Å². The lowest BCUT2D eigenvalue weighted by Gasteiger charge is -2.33. The number of halogens is 1. The van der Waals surface area contributed by atoms with E-state index in [1.807, 2.05) is 61.5 Å². The highest BCUT2D eigenvalue weighted by atomic mass is 35.5. The predicted molar refractivity (Wildman–Crippen MR) is 162 cm³/mol. The van der Waals surface area contributed by atoms with Crippen molar-refractivity contribution in [2.24, 2.45) is 0 Å². The molecule has 2 amide bonds. The van der Waals surface area contributed by atoms with E-state index in [4.69, 9.17) is 11.6 Å². The van der Waals surface area contributed by atoms with E-state index in [0.717, 1.165) is 21.0 Å². The molecule has 4 rings (SSSR count). The number of benzene rings is 4. The van der Waals surface area contributed by atoms with Gasteiger partial charge in [0.1, 0.15) is 12.6 Å². The fraction of sp³-hybridized carbons (Fsp3) is 0.188. The van der Waals surface area contributed by atoms with Crippen LogP contribution in [-0.2, 0) is 32.6 Å². The Labute approximate surface area is 246 Å². The highest BCUT2D eigenvalue weighted by molar-refractivity contribution is 7.92. The Morgan fingerprint density at radius 3 is 2.07 bits per heavy atom. The first-order valence-corrected chi connectivity index (χ1v) is 15.0. The van der Waals surface area contributed by atoms with E-state index in [1.54, 1.807) is 42.5 Å². The third-order valence-corrected chi connectivity index (χ3v) is 8.78. The first-order chi connectivity index (χ1) is 19.7. The highest BCUT2D eigenvalue weighted by Gasteiger charge is 2.34. The summed E-state index contributed by atoms with van der Waals surface area (Å²) >= 11 is 6.47. The quantitative estimate of drug-likeness (QED) is 0.260. The van der Waals surface area contributed by atoms with Crippen molar-refractivity contribution >= 4 is 39.1 Å². The van der Waals surface area contributed by atoms with Gasteiger partial charge in [-0.1, -0.05) is 102 Å². The van der Waals surface area contributed by atoms with Crippen LogP contribution in [0, 0.1) is 6.92 Å². The molecular weight excluding hydrogens is 558 g/mol. The van der Waals surface area contributed by atoms with Crippen LogP contribution in [0.15, 0.2) is 114 Å². The molecule has 9 heteroatoms. The molecular formula is C32H32ClN3O4S. The molecule has 0 saturated carbocycles. The summed E-state index contributed by atoms with van der Waals surface area (Å²) in [5, 5.41) is 2.86. The van der Waals surface area contributed by atoms with Crippen molar-refractivity contribution in [3.63, 3.8) is 0 Å². The van der Waals surface area contributed by atoms with Crippen LogP contribution in [0.4, 0.5) is 5.69 Å². The molecule has 0 spiro atoms. The number of para-hydroxylation sites is 1. The maximum atomic E-state index is 14.3. The van der Waals surface area contributed by atoms with Crippen molar-refractivity contribution in [1.29, 1.82) is 0 Å². The van der Waals surface area contributed by atoms with Gasteiger partial charge >= 0.3 is 0 Å². The second-order valence-electron chi connectivity index (χ2n) is 9.61. The average Bonchev–Trinajstić information content (AvgIpc) is 2.98. The molecule has 4 aromatic rings. The Morgan fingerprint density at radius 1 is 0.829 bits per heavy atom. The number of rotatable bonds is 11. The van der Waals surface area contributed by atoms with Gasteiger partial charge in [0.05, 0.1) is 15.6 Å². The minimum atomic E-state index is -4.19. The highest BCUT2D eigenvalue weighted by Crippen LogP contribution is 2.31. The SMILES string of the molecule is CNC(=O)[C@H](Cc1ccccc1)N(Cc1cccc(C)c1)C(=O)CN(c1ccccc1Cl)S(=O)(=O)c1ccccc1. The second kappa shape index (κ2) is 13.5. The Morgan fingerprint density at radius 2 is 1.44 bits per heavy atom. The van der Waals surface area contributed by atoms with Gasteiger partial charge in [-0.05, 0) is 42.3 Å². The van der Waals surface area contributed by atoms with Gasteiger partial charge in [-0.25, -0.2) is 8.42 Å². The minimum absolute atomic E-state index is 0.0186. The van der Waals surface area contributed by atoms with Crippen LogP contribution in [0.2, 0.25) is 5.02 Å². The molecule has 0 radical (unpaired) electrons. The number of carbonyl (C=O) groups is 2. The molecule has 1 atom stereocenters. The van der Waals surface area contributed by atoms with Gasteiger partial charge in [-0.15, -0.1) is 0 Å². The molecule has 0 aliphatic rings. The van der Waals surface area contributed by atoms with Crippen LogP contribution >= 0.6 is 11.6 Å². The minimum Gasteiger partial charge on any atom is -0.357 e. The molecule has 212 valence electrons. The van der Waals surface area contributed by atoms with E-state index in [2.05, 4.69) is 5.32 Å². The number of likely N-dealkylation sites (N-methyl/N-ethyl adjacent to an activating group) is 1. The smallest absolute Gasteiger partial charge is 0.264 e. The van der Waals surface area contributed by atoms with Gasteiger partial charge < -0.3 is 10.2 Å². The lowest BCUT2D eigenvalue weighted by molar-refractivity contribution is -0.139.